The average Bonchev–Trinajstić information content (AvgIpc) is 3.07. The van der Waals surface area contributed by atoms with Crippen molar-refractivity contribution in [1.82, 2.24) is 24.4 Å². The van der Waals surface area contributed by atoms with Crippen molar-refractivity contribution in [2.45, 2.75) is 59.5 Å². The summed E-state index contributed by atoms with van der Waals surface area (Å²) < 4.78 is 2.28. The van der Waals surface area contributed by atoms with Crippen LogP contribution in [0, 0.1) is 20.8 Å². The van der Waals surface area contributed by atoms with Crippen molar-refractivity contribution in [2.24, 2.45) is 4.99 Å². The van der Waals surface area contributed by atoms with Crippen LogP contribution >= 0.6 is 0 Å². The van der Waals surface area contributed by atoms with Crippen LogP contribution in [0.1, 0.15) is 58.9 Å². The van der Waals surface area contributed by atoms with Gasteiger partial charge in [0.25, 0.3) is 0 Å². The summed E-state index contributed by atoms with van der Waals surface area (Å²) in [5.74, 6) is 1.88. The van der Waals surface area contributed by atoms with Gasteiger partial charge in [0.2, 0.25) is 0 Å². The monoisotopic (exact) mass is 414 g/mol. The molecule has 0 saturated carbocycles. The Balaban J connectivity index is 1.34. The van der Waals surface area contributed by atoms with Crippen molar-refractivity contribution < 1.29 is 0 Å². The van der Waals surface area contributed by atoms with Crippen LogP contribution in [0.2, 0.25) is 0 Å². The number of aliphatic imine (C=N–C) groups is 1. The lowest BCUT2D eigenvalue weighted by Gasteiger charge is -2.28. The Labute approximate surface area is 184 Å². The maximum atomic E-state index is 4.88. The predicted molar refractivity (Wildman–Crippen MR) is 123 cm³/mol. The molecular formula is C25H30N6. The molecule has 3 aromatic rings. The van der Waals surface area contributed by atoms with Gasteiger partial charge in [-0.15, -0.1) is 0 Å². The first kappa shape index (κ1) is 20.1. The largest absolute Gasteiger partial charge is 0.303 e. The maximum Gasteiger partial charge on any atom is 0.173 e. The van der Waals surface area contributed by atoms with Crippen LogP contribution in [-0.4, -0.2) is 43.2 Å². The van der Waals surface area contributed by atoms with Gasteiger partial charge in [-0.25, -0.2) is 15.0 Å². The van der Waals surface area contributed by atoms with Crippen molar-refractivity contribution in [3.8, 4) is 5.82 Å². The minimum atomic E-state index is 0.848. The zero-order chi connectivity index (χ0) is 21.4. The van der Waals surface area contributed by atoms with E-state index in [2.05, 4.69) is 57.3 Å². The highest BCUT2D eigenvalue weighted by atomic mass is 15.1. The van der Waals surface area contributed by atoms with Gasteiger partial charge in [0.05, 0.1) is 11.4 Å². The third kappa shape index (κ3) is 3.92. The van der Waals surface area contributed by atoms with E-state index in [1.807, 2.05) is 18.5 Å². The maximum absolute atomic E-state index is 4.88. The fraction of sp³-hybridized carbons (Fsp3) is 0.440. The van der Waals surface area contributed by atoms with Crippen LogP contribution in [-0.2, 0) is 19.5 Å². The Kier molecular flexibility index (Phi) is 5.40. The summed E-state index contributed by atoms with van der Waals surface area (Å²) in [4.78, 5) is 21.3. The summed E-state index contributed by atoms with van der Waals surface area (Å²) in [5, 5.41) is 0. The molecule has 0 bridgehead atoms. The van der Waals surface area contributed by atoms with E-state index in [4.69, 9.17) is 4.98 Å². The molecule has 2 aliphatic rings. The van der Waals surface area contributed by atoms with Crippen LogP contribution in [0.15, 0.2) is 35.6 Å². The van der Waals surface area contributed by atoms with Gasteiger partial charge in [0.15, 0.2) is 5.82 Å². The van der Waals surface area contributed by atoms with Crippen LogP contribution in [0.3, 0.4) is 0 Å². The number of aryl methyl sites for hydroxylation is 2. The molecule has 0 N–H and O–H groups in total. The van der Waals surface area contributed by atoms with E-state index in [1.165, 1.54) is 46.6 Å². The molecule has 0 amide bonds. The Morgan fingerprint density at radius 2 is 1.97 bits per heavy atom. The van der Waals surface area contributed by atoms with Crippen molar-refractivity contribution in [3.05, 3.63) is 70.2 Å². The van der Waals surface area contributed by atoms with E-state index in [1.54, 1.807) is 0 Å². The molecule has 0 atom stereocenters. The second kappa shape index (κ2) is 8.35. The Morgan fingerprint density at radius 1 is 1.06 bits per heavy atom. The molecule has 0 radical (unpaired) electrons. The van der Waals surface area contributed by atoms with E-state index < -0.39 is 0 Å². The second-order valence-corrected chi connectivity index (χ2v) is 8.79. The zero-order valence-corrected chi connectivity index (χ0v) is 18.7. The molecule has 6 heteroatoms. The molecule has 6 nitrogen and oxygen atoms in total. The second-order valence-electron chi connectivity index (χ2n) is 8.79. The smallest absolute Gasteiger partial charge is 0.173 e. The first-order chi connectivity index (χ1) is 15.1. The number of hydrogen-bond donors (Lipinski definition) is 0. The van der Waals surface area contributed by atoms with Gasteiger partial charge in [0, 0.05) is 61.9 Å². The molecule has 0 spiro atoms. The van der Waals surface area contributed by atoms with Crippen LogP contribution in [0.5, 0.6) is 0 Å². The van der Waals surface area contributed by atoms with E-state index in [-0.39, 0.29) is 0 Å². The molecule has 31 heavy (non-hydrogen) atoms. The Morgan fingerprint density at radius 3 is 2.77 bits per heavy atom. The van der Waals surface area contributed by atoms with Gasteiger partial charge in [0.1, 0.15) is 5.82 Å². The summed E-state index contributed by atoms with van der Waals surface area (Å²) in [5.41, 5.74) is 8.59. The molecular weight excluding hydrogens is 384 g/mol. The third-order valence-electron chi connectivity index (χ3n) is 6.52. The van der Waals surface area contributed by atoms with Gasteiger partial charge in [-0.3, -0.25) is 9.89 Å². The first-order valence-electron chi connectivity index (χ1n) is 11.3. The Bertz CT molecular complexity index is 1140. The van der Waals surface area contributed by atoms with E-state index in [0.29, 0.717) is 0 Å². The average molecular weight is 415 g/mol. The van der Waals surface area contributed by atoms with Crippen LogP contribution < -0.4 is 0 Å². The summed E-state index contributed by atoms with van der Waals surface area (Å²) in [6, 6.07) is 6.42. The molecule has 0 fully saturated rings. The van der Waals surface area contributed by atoms with E-state index in [9.17, 15) is 0 Å². The lowest BCUT2D eigenvalue weighted by Crippen LogP contribution is -2.31. The van der Waals surface area contributed by atoms with Crippen molar-refractivity contribution in [1.29, 1.82) is 0 Å². The fourth-order valence-corrected chi connectivity index (χ4v) is 4.80. The van der Waals surface area contributed by atoms with E-state index >= 15 is 0 Å². The number of hydrogen-bond acceptors (Lipinski definition) is 5. The third-order valence-corrected chi connectivity index (χ3v) is 6.52. The zero-order valence-electron chi connectivity index (χ0n) is 18.7. The molecule has 5 rings (SSSR count). The summed E-state index contributed by atoms with van der Waals surface area (Å²) in [6.45, 7) is 10.2. The van der Waals surface area contributed by atoms with Crippen LogP contribution in [0.25, 0.3) is 5.82 Å². The molecule has 0 saturated heterocycles. The van der Waals surface area contributed by atoms with Gasteiger partial charge in [-0.2, -0.15) is 0 Å². The molecule has 0 aromatic carbocycles. The fourth-order valence-electron chi connectivity index (χ4n) is 4.80. The highest BCUT2D eigenvalue weighted by Gasteiger charge is 2.22. The number of fused-ring (bicyclic) bond motifs is 1. The normalized spacial score (nSPS) is 16.8. The molecule has 2 aliphatic heterocycles. The minimum absolute atomic E-state index is 0.848. The quantitative estimate of drug-likeness (QED) is 0.644. The SMILES string of the molecule is Cc1cccnc1-n1c(C)cc(CN2CCc3nc(C4=NCCCC4)ncc3C2)c1C. The van der Waals surface area contributed by atoms with Gasteiger partial charge in [-0.1, -0.05) is 6.07 Å². The molecule has 0 unspecified atom stereocenters. The number of pyridine rings is 1. The minimum Gasteiger partial charge on any atom is -0.303 e. The van der Waals surface area contributed by atoms with Crippen molar-refractivity contribution >= 4 is 5.71 Å². The first-order valence-corrected chi connectivity index (χ1v) is 11.3. The highest BCUT2D eigenvalue weighted by molar-refractivity contribution is 5.97. The molecule has 3 aromatic heterocycles. The van der Waals surface area contributed by atoms with Crippen LogP contribution in [0.4, 0.5) is 0 Å². The van der Waals surface area contributed by atoms with Gasteiger partial charge < -0.3 is 4.57 Å². The topological polar surface area (TPSA) is 59.2 Å². The Hall–Kier alpha value is -2.86. The van der Waals surface area contributed by atoms with E-state index in [0.717, 1.165) is 56.4 Å². The highest BCUT2D eigenvalue weighted by Crippen LogP contribution is 2.25. The lowest BCUT2D eigenvalue weighted by atomic mass is 10.0. The molecule has 5 heterocycles. The standard InChI is InChI=1S/C25H30N6/c1-17-7-6-11-27-25(17)31-18(2)13-20(19(31)3)15-30-12-9-22-21(16-30)14-28-24(29-22)23-8-4-5-10-26-23/h6-7,11,13-14H,4-5,8-10,12,15-16H2,1-3H3. The summed E-state index contributed by atoms with van der Waals surface area (Å²) in [6.07, 6.45) is 8.26. The van der Waals surface area contributed by atoms with Gasteiger partial charge in [-0.05, 0) is 63.3 Å². The number of aromatic nitrogens is 4. The molecule has 160 valence electrons. The van der Waals surface area contributed by atoms with Crippen molar-refractivity contribution in [2.75, 3.05) is 13.1 Å². The number of rotatable bonds is 4. The number of nitrogens with zero attached hydrogens (tertiary/aromatic N) is 6. The summed E-state index contributed by atoms with van der Waals surface area (Å²) in [7, 11) is 0. The van der Waals surface area contributed by atoms with Gasteiger partial charge >= 0.3 is 0 Å². The predicted octanol–water partition coefficient (Wildman–Crippen LogP) is 4.12. The summed E-state index contributed by atoms with van der Waals surface area (Å²) >= 11 is 0. The van der Waals surface area contributed by atoms with Crippen molar-refractivity contribution in [3.63, 3.8) is 0 Å². The lowest BCUT2D eigenvalue weighted by molar-refractivity contribution is 0.242. The molecule has 0 aliphatic carbocycles.